The van der Waals surface area contributed by atoms with Gasteiger partial charge in [-0.2, -0.15) is 0 Å². The largest absolute Gasteiger partial charge is 0.439 e. The fourth-order valence-corrected chi connectivity index (χ4v) is 3.47. The van der Waals surface area contributed by atoms with E-state index in [1.165, 1.54) is 9.13 Å². The number of nitrogens with zero attached hydrogens (tertiary/aromatic N) is 2. The Morgan fingerprint density at radius 2 is 1.63 bits per heavy atom. The summed E-state index contributed by atoms with van der Waals surface area (Å²) >= 11 is 12.1. The lowest BCUT2D eigenvalue weighted by molar-refractivity contribution is 0.206. The minimum atomic E-state index is -1.03. The zero-order chi connectivity index (χ0) is 19.7. The van der Waals surface area contributed by atoms with E-state index in [0.717, 1.165) is 0 Å². The Morgan fingerprint density at radius 1 is 1.04 bits per heavy atom. The third kappa shape index (κ3) is 3.90. The summed E-state index contributed by atoms with van der Waals surface area (Å²) < 4.78 is 8.92. The quantitative estimate of drug-likeness (QED) is 0.651. The maximum atomic E-state index is 12.8. The van der Waals surface area contributed by atoms with E-state index in [-0.39, 0.29) is 17.6 Å². The third-order valence-electron chi connectivity index (χ3n) is 4.23. The van der Waals surface area contributed by atoms with Crippen molar-refractivity contribution in [2.75, 3.05) is 0 Å². The summed E-state index contributed by atoms with van der Waals surface area (Å²) in [4.78, 5) is 12.8. The summed E-state index contributed by atoms with van der Waals surface area (Å²) in [7, 11) is 1.61. The number of imidazole rings is 1. The molecule has 1 atom stereocenters. The van der Waals surface area contributed by atoms with Gasteiger partial charge in [-0.3, -0.25) is 9.13 Å². The Hall–Kier alpha value is -2.21. The van der Waals surface area contributed by atoms with Crippen LogP contribution in [0.2, 0.25) is 10.0 Å². The molecule has 0 saturated heterocycles. The summed E-state index contributed by atoms with van der Waals surface area (Å²) in [5.74, 6) is 0.640. The van der Waals surface area contributed by atoms with Crippen molar-refractivity contribution < 1.29 is 9.84 Å². The highest BCUT2D eigenvalue weighted by atomic mass is 35.5. The summed E-state index contributed by atoms with van der Waals surface area (Å²) in [6.45, 7) is 3.75. The van der Waals surface area contributed by atoms with Crippen LogP contribution in [0.25, 0.3) is 0 Å². The zero-order valence-corrected chi connectivity index (χ0v) is 16.7. The van der Waals surface area contributed by atoms with Crippen molar-refractivity contribution in [1.82, 2.24) is 9.13 Å². The normalized spacial score (nSPS) is 12.4. The molecular weight excluding hydrogens is 387 g/mol. The van der Waals surface area contributed by atoms with Crippen LogP contribution < -0.4 is 10.4 Å². The number of ether oxygens (including phenoxy) is 1. The number of halogens is 2. The van der Waals surface area contributed by atoms with Gasteiger partial charge >= 0.3 is 5.69 Å². The number of aromatic nitrogens is 2. The van der Waals surface area contributed by atoms with Gasteiger partial charge in [-0.1, -0.05) is 53.5 Å². The van der Waals surface area contributed by atoms with Crippen molar-refractivity contribution in [3.63, 3.8) is 0 Å². The van der Waals surface area contributed by atoms with Crippen molar-refractivity contribution in [3.05, 3.63) is 80.3 Å². The molecule has 0 saturated carbocycles. The molecule has 1 heterocycles. The molecule has 2 aromatic carbocycles. The predicted molar refractivity (Wildman–Crippen MR) is 107 cm³/mol. The lowest BCUT2D eigenvalue weighted by Crippen LogP contribution is -2.24. The summed E-state index contributed by atoms with van der Waals surface area (Å²) in [5.41, 5.74) is 0.733. The molecule has 3 aromatic rings. The van der Waals surface area contributed by atoms with Crippen LogP contribution in [0, 0.1) is 0 Å². The Kier molecular flexibility index (Phi) is 5.65. The fourth-order valence-electron chi connectivity index (χ4n) is 2.97. The molecule has 3 rings (SSSR count). The molecule has 0 aliphatic rings. The van der Waals surface area contributed by atoms with Gasteiger partial charge in [-0.15, -0.1) is 0 Å². The van der Waals surface area contributed by atoms with Gasteiger partial charge in [0.15, 0.2) is 0 Å². The van der Waals surface area contributed by atoms with Crippen LogP contribution in [0.4, 0.5) is 0 Å². The monoisotopic (exact) mass is 406 g/mol. The van der Waals surface area contributed by atoms with Gasteiger partial charge in [0, 0.05) is 23.1 Å². The first-order chi connectivity index (χ1) is 12.8. The van der Waals surface area contributed by atoms with Crippen LogP contribution in [0.3, 0.4) is 0 Å². The second-order valence-electron chi connectivity index (χ2n) is 6.52. The Labute approximate surface area is 167 Å². The Morgan fingerprint density at radius 3 is 2.19 bits per heavy atom. The molecule has 142 valence electrons. The molecule has 7 heteroatoms. The molecule has 0 amide bonds. The molecule has 0 radical (unpaired) electrons. The Balaban J connectivity index is 2.18. The third-order valence-corrected chi connectivity index (χ3v) is 4.67. The SMILES string of the molecule is CC(C)n1c(Oc2cc(Cl)cc(Cl)c2)c([C@H](O)c2ccccc2)n(C)c1=O. The molecule has 0 aliphatic carbocycles. The first kappa shape index (κ1) is 19.5. The standard InChI is InChI=1S/C20H20Cl2N2O3/c1-12(2)24-19(27-16-10-14(21)9-15(22)11-16)17(23(3)20(24)26)18(25)13-7-5-4-6-8-13/h4-12,18,25H,1-3H3/t18-/m1/s1. The van der Waals surface area contributed by atoms with E-state index in [2.05, 4.69) is 0 Å². The van der Waals surface area contributed by atoms with E-state index in [1.54, 1.807) is 37.4 Å². The average molecular weight is 407 g/mol. The molecule has 0 unspecified atom stereocenters. The van der Waals surface area contributed by atoms with Crippen molar-refractivity contribution in [1.29, 1.82) is 0 Å². The second-order valence-corrected chi connectivity index (χ2v) is 7.39. The summed E-state index contributed by atoms with van der Waals surface area (Å²) in [6.07, 6.45) is -1.03. The van der Waals surface area contributed by atoms with Gasteiger partial charge in [0.05, 0.1) is 0 Å². The number of benzene rings is 2. The number of aliphatic hydroxyl groups is 1. The molecule has 27 heavy (non-hydrogen) atoms. The van der Waals surface area contributed by atoms with Crippen molar-refractivity contribution >= 4 is 23.2 Å². The summed E-state index contributed by atoms with van der Waals surface area (Å²) in [6, 6.07) is 13.7. The summed E-state index contributed by atoms with van der Waals surface area (Å²) in [5, 5.41) is 11.8. The highest BCUT2D eigenvalue weighted by molar-refractivity contribution is 6.34. The van der Waals surface area contributed by atoms with Crippen LogP contribution in [0.15, 0.2) is 53.3 Å². The van der Waals surface area contributed by atoms with E-state index in [0.29, 0.717) is 27.1 Å². The maximum absolute atomic E-state index is 12.8. The molecule has 0 aliphatic heterocycles. The van der Waals surface area contributed by atoms with Crippen LogP contribution in [-0.2, 0) is 7.05 Å². The smallest absolute Gasteiger partial charge is 0.331 e. The lowest BCUT2D eigenvalue weighted by atomic mass is 10.1. The molecule has 1 aromatic heterocycles. The predicted octanol–water partition coefficient (Wildman–Crippen LogP) is 4.95. The average Bonchev–Trinajstić information content (AvgIpc) is 2.85. The minimum absolute atomic E-state index is 0.176. The van der Waals surface area contributed by atoms with Gasteiger partial charge < -0.3 is 9.84 Å². The van der Waals surface area contributed by atoms with Crippen LogP contribution in [-0.4, -0.2) is 14.2 Å². The van der Waals surface area contributed by atoms with Gasteiger partial charge in [0.1, 0.15) is 17.5 Å². The van der Waals surface area contributed by atoms with Crippen LogP contribution >= 0.6 is 23.2 Å². The number of rotatable bonds is 5. The number of aliphatic hydroxyl groups excluding tert-OH is 1. The molecule has 5 nitrogen and oxygen atoms in total. The van der Waals surface area contributed by atoms with Crippen LogP contribution in [0.5, 0.6) is 11.6 Å². The second kappa shape index (κ2) is 7.80. The first-order valence-electron chi connectivity index (χ1n) is 8.47. The minimum Gasteiger partial charge on any atom is -0.439 e. The lowest BCUT2D eigenvalue weighted by Gasteiger charge is -2.17. The molecule has 1 N–H and O–H groups in total. The van der Waals surface area contributed by atoms with E-state index < -0.39 is 6.10 Å². The maximum Gasteiger partial charge on any atom is 0.331 e. The molecule has 0 fully saturated rings. The van der Waals surface area contributed by atoms with E-state index in [9.17, 15) is 9.90 Å². The number of hydrogen-bond donors (Lipinski definition) is 1. The van der Waals surface area contributed by atoms with Crippen molar-refractivity contribution in [2.24, 2.45) is 7.05 Å². The highest BCUT2D eigenvalue weighted by Crippen LogP contribution is 2.35. The van der Waals surface area contributed by atoms with E-state index in [1.807, 2.05) is 32.0 Å². The molecular formula is C20H20Cl2N2O3. The molecule has 0 spiro atoms. The van der Waals surface area contributed by atoms with E-state index in [4.69, 9.17) is 27.9 Å². The van der Waals surface area contributed by atoms with Crippen molar-refractivity contribution in [3.8, 4) is 11.6 Å². The zero-order valence-electron chi connectivity index (χ0n) is 15.2. The van der Waals surface area contributed by atoms with Gasteiger partial charge in [-0.05, 0) is 37.6 Å². The fraction of sp³-hybridized carbons (Fsp3) is 0.250. The van der Waals surface area contributed by atoms with Gasteiger partial charge in [-0.25, -0.2) is 4.79 Å². The van der Waals surface area contributed by atoms with E-state index >= 15 is 0 Å². The number of hydrogen-bond acceptors (Lipinski definition) is 3. The van der Waals surface area contributed by atoms with Crippen molar-refractivity contribution in [2.45, 2.75) is 26.0 Å². The molecule has 0 bridgehead atoms. The van der Waals surface area contributed by atoms with Gasteiger partial charge in [0.25, 0.3) is 0 Å². The highest BCUT2D eigenvalue weighted by Gasteiger charge is 2.28. The Bertz CT molecular complexity index is 990. The van der Waals surface area contributed by atoms with Gasteiger partial charge in [0.2, 0.25) is 5.88 Å². The topological polar surface area (TPSA) is 56.4 Å². The van der Waals surface area contributed by atoms with Crippen LogP contribution in [0.1, 0.15) is 37.3 Å². The first-order valence-corrected chi connectivity index (χ1v) is 9.23.